The number of carbonyl (C=O) groups excluding carboxylic acids is 1. The third kappa shape index (κ3) is 11.4. The van der Waals surface area contributed by atoms with E-state index in [1.807, 2.05) is 39.5 Å². The zero-order chi connectivity index (χ0) is 16.1. The summed E-state index contributed by atoms with van der Waals surface area (Å²) in [5.74, 6) is 2.03. The Labute approximate surface area is 157 Å². The van der Waals surface area contributed by atoms with Crippen molar-refractivity contribution in [3.05, 3.63) is 0 Å². The highest BCUT2D eigenvalue weighted by atomic mass is 127. The van der Waals surface area contributed by atoms with Crippen molar-refractivity contribution in [3.8, 4) is 0 Å². The topological polar surface area (TPSA) is 65.5 Å². The molecule has 0 radical (unpaired) electrons. The van der Waals surface area contributed by atoms with E-state index in [-0.39, 0.29) is 29.9 Å². The standard InChI is InChI=1S/C15H32N4OS.HI/c1-6-16-13(20)15(3,4)12-19-14(17-7-2)18-10-8-9-11-21-5;/h6-12H2,1-5H3,(H,16,20)(H2,17,18,19);1H. The molecule has 0 fully saturated rings. The van der Waals surface area contributed by atoms with Gasteiger partial charge in [-0.25, -0.2) is 0 Å². The lowest BCUT2D eigenvalue weighted by atomic mass is 9.92. The van der Waals surface area contributed by atoms with Gasteiger partial charge in [-0.1, -0.05) is 0 Å². The molecule has 0 aromatic heterocycles. The Kier molecular flexibility index (Phi) is 15.8. The van der Waals surface area contributed by atoms with Crippen LogP contribution in [0.4, 0.5) is 0 Å². The monoisotopic (exact) mass is 444 g/mol. The Morgan fingerprint density at radius 2 is 1.73 bits per heavy atom. The molecule has 1 amide bonds. The van der Waals surface area contributed by atoms with E-state index in [2.05, 4.69) is 27.2 Å². The van der Waals surface area contributed by atoms with E-state index >= 15 is 0 Å². The Hall–Kier alpha value is -0.180. The van der Waals surface area contributed by atoms with Crippen molar-refractivity contribution in [2.24, 2.45) is 10.4 Å². The molecule has 0 spiro atoms. The van der Waals surface area contributed by atoms with Crippen molar-refractivity contribution in [1.82, 2.24) is 16.0 Å². The van der Waals surface area contributed by atoms with Gasteiger partial charge in [-0.2, -0.15) is 11.8 Å². The van der Waals surface area contributed by atoms with Crippen LogP contribution >= 0.6 is 35.7 Å². The highest BCUT2D eigenvalue weighted by Gasteiger charge is 2.26. The zero-order valence-corrected chi connectivity index (χ0v) is 17.8. The smallest absolute Gasteiger partial charge is 0.227 e. The number of amides is 1. The SMILES string of the molecule is CCNC(=O)C(C)(C)CN=C(NCC)NCCCCSC.I. The molecule has 0 aliphatic carbocycles. The minimum Gasteiger partial charge on any atom is -0.357 e. The third-order valence-corrected chi connectivity index (χ3v) is 3.69. The second-order valence-electron chi connectivity index (χ2n) is 5.57. The number of nitrogens with one attached hydrogen (secondary N) is 3. The number of guanidine groups is 1. The van der Waals surface area contributed by atoms with Gasteiger partial charge in [0, 0.05) is 19.6 Å². The molecule has 0 atom stereocenters. The Bertz CT molecular complexity index is 325. The summed E-state index contributed by atoms with van der Waals surface area (Å²) < 4.78 is 0. The maximum absolute atomic E-state index is 11.9. The molecule has 132 valence electrons. The Morgan fingerprint density at radius 3 is 2.27 bits per heavy atom. The lowest BCUT2D eigenvalue weighted by Crippen LogP contribution is -2.42. The van der Waals surface area contributed by atoms with E-state index in [9.17, 15) is 4.79 Å². The van der Waals surface area contributed by atoms with E-state index in [0.29, 0.717) is 13.1 Å². The summed E-state index contributed by atoms with van der Waals surface area (Å²) in [4.78, 5) is 16.5. The first-order valence-corrected chi connectivity index (χ1v) is 9.16. The van der Waals surface area contributed by atoms with E-state index in [1.165, 1.54) is 12.2 Å². The van der Waals surface area contributed by atoms with Crippen LogP contribution in [0.5, 0.6) is 0 Å². The number of unbranched alkanes of at least 4 members (excludes halogenated alkanes) is 1. The Balaban J connectivity index is 0. The molecule has 7 heteroatoms. The molecule has 0 aromatic carbocycles. The van der Waals surface area contributed by atoms with Gasteiger partial charge in [-0.05, 0) is 52.5 Å². The van der Waals surface area contributed by atoms with Crippen molar-refractivity contribution in [3.63, 3.8) is 0 Å². The fourth-order valence-electron chi connectivity index (χ4n) is 1.67. The number of carbonyl (C=O) groups is 1. The second kappa shape index (κ2) is 14.4. The highest BCUT2D eigenvalue weighted by Crippen LogP contribution is 2.15. The summed E-state index contributed by atoms with van der Waals surface area (Å²) in [6.07, 6.45) is 4.46. The lowest BCUT2D eigenvalue weighted by Gasteiger charge is -2.22. The van der Waals surface area contributed by atoms with Crippen LogP contribution in [0.2, 0.25) is 0 Å². The molecule has 22 heavy (non-hydrogen) atoms. The molecule has 0 unspecified atom stereocenters. The zero-order valence-electron chi connectivity index (χ0n) is 14.6. The molecule has 0 aliphatic rings. The first-order valence-electron chi connectivity index (χ1n) is 7.77. The summed E-state index contributed by atoms with van der Waals surface area (Å²) in [5.41, 5.74) is -0.489. The fourth-order valence-corrected chi connectivity index (χ4v) is 2.16. The van der Waals surface area contributed by atoms with Gasteiger partial charge < -0.3 is 16.0 Å². The van der Waals surface area contributed by atoms with Gasteiger partial charge in [0.1, 0.15) is 0 Å². The fraction of sp³-hybridized carbons (Fsp3) is 0.867. The molecule has 0 rings (SSSR count). The van der Waals surface area contributed by atoms with E-state index in [4.69, 9.17) is 0 Å². The number of aliphatic imine (C=N–C) groups is 1. The van der Waals surface area contributed by atoms with Crippen LogP contribution < -0.4 is 16.0 Å². The minimum atomic E-state index is -0.489. The van der Waals surface area contributed by atoms with Gasteiger partial charge in [0.05, 0.1) is 12.0 Å². The quantitative estimate of drug-likeness (QED) is 0.210. The lowest BCUT2D eigenvalue weighted by molar-refractivity contribution is -0.128. The van der Waals surface area contributed by atoms with Crippen LogP contribution in [0.1, 0.15) is 40.5 Å². The summed E-state index contributed by atoms with van der Waals surface area (Å²) in [5, 5.41) is 9.40. The number of halogens is 1. The Morgan fingerprint density at radius 1 is 1.09 bits per heavy atom. The molecule has 0 saturated heterocycles. The summed E-state index contributed by atoms with van der Waals surface area (Å²) in [6, 6.07) is 0. The van der Waals surface area contributed by atoms with Gasteiger partial charge in [-0.3, -0.25) is 9.79 Å². The normalized spacial score (nSPS) is 11.6. The molecular weight excluding hydrogens is 411 g/mol. The summed E-state index contributed by atoms with van der Waals surface area (Å²) in [6.45, 7) is 10.7. The van der Waals surface area contributed by atoms with Crippen LogP contribution in [0, 0.1) is 5.41 Å². The molecule has 0 saturated carbocycles. The van der Waals surface area contributed by atoms with Gasteiger partial charge in [0.25, 0.3) is 0 Å². The molecule has 0 heterocycles. The molecule has 0 aliphatic heterocycles. The van der Waals surface area contributed by atoms with Gasteiger partial charge in [-0.15, -0.1) is 24.0 Å². The maximum atomic E-state index is 11.9. The van der Waals surface area contributed by atoms with Gasteiger partial charge in [0.15, 0.2) is 5.96 Å². The molecule has 0 aromatic rings. The van der Waals surface area contributed by atoms with Crippen LogP contribution in [0.25, 0.3) is 0 Å². The number of nitrogens with zero attached hydrogens (tertiary/aromatic N) is 1. The highest BCUT2D eigenvalue weighted by molar-refractivity contribution is 14.0. The number of rotatable bonds is 10. The second-order valence-corrected chi connectivity index (χ2v) is 6.55. The number of hydrogen-bond donors (Lipinski definition) is 3. The number of hydrogen-bond acceptors (Lipinski definition) is 3. The minimum absolute atomic E-state index is 0. The van der Waals surface area contributed by atoms with Crippen LogP contribution in [0.3, 0.4) is 0 Å². The largest absolute Gasteiger partial charge is 0.357 e. The number of thioether (sulfide) groups is 1. The average Bonchev–Trinajstić information content (AvgIpc) is 2.44. The van der Waals surface area contributed by atoms with Gasteiger partial charge >= 0.3 is 0 Å². The summed E-state index contributed by atoms with van der Waals surface area (Å²) in [7, 11) is 0. The van der Waals surface area contributed by atoms with E-state index < -0.39 is 5.41 Å². The maximum Gasteiger partial charge on any atom is 0.227 e. The van der Waals surface area contributed by atoms with Crippen molar-refractivity contribution < 1.29 is 4.79 Å². The van der Waals surface area contributed by atoms with E-state index in [1.54, 1.807) is 0 Å². The van der Waals surface area contributed by atoms with Crippen molar-refractivity contribution in [2.75, 3.05) is 38.2 Å². The predicted octanol–water partition coefficient (Wildman–Crippen LogP) is 2.47. The predicted molar refractivity (Wildman–Crippen MR) is 109 cm³/mol. The third-order valence-electron chi connectivity index (χ3n) is 3.00. The summed E-state index contributed by atoms with van der Waals surface area (Å²) >= 11 is 1.87. The first kappa shape index (κ1) is 24.1. The van der Waals surface area contributed by atoms with Crippen LogP contribution in [-0.4, -0.2) is 50.1 Å². The van der Waals surface area contributed by atoms with Crippen LogP contribution in [0.15, 0.2) is 4.99 Å². The molecule has 3 N–H and O–H groups in total. The first-order chi connectivity index (χ1) is 9.97. The van der Waals surface area contributed by atoms with Crippen molar-refractivity contribution in [1.29, 1.82) is 0 Å². The molecule has 0 bridgehead atoms. The molecular formula is C15H33IN4OS. The van der Waals surface area contributed by atoms with E-state index in [0.717, 1.165) is 25.5 Å². The van der Waals surface area contributed by atoms with Gasteiger partial charge in [0.2, 0.25) is 5.91 Å². The van der Waals surface area contributed by atoms with Crippen molar-refractivity contribution in [2.45, 2.75) is 40.5 Å². The van der Waals surface area contributed by atoms with Crippen LogP contribution in [-0.2, 0) is 4.79 Å². The average molecular weight is 444 g/mol. The molecule has 5 nitrogen and oxygen atoms in total. The van der Waals surface area contributed by atoms with Crippen molar-refractivity contribution >= 4 is 47.6 Å².